The molecule has 0 aliphatic heterocycles. The number of esters is 1. The zero-order chi connectivity index (χ0) is 22.9. The lowest BCUT2D eigenvalue weighted by atomic mass is 9.88. The number of aromatic nitrogens is 1. The number of hydrogen-bond acceptors (Lipinski definition) is 3. The summed E-state index contributed by atoms with van der Waals surface area (Å²) in [4.78, 5) is 28.8. The summed E-state index contributed by atoms with van der Waals surface area (Å²) in [7, 11) is 0. The molecule has 1 fully saturated rings. The first-order valence-corrected chi connectivity index (χ1v) is 11.6. The van der Waals surface area contributed by atoms with Crippen molar-refractivity contribution >= 4 is 40.1 Å². The summed E-state index contributed by atoms with van der Waals surface area (Å²) in [6.07, 6.45) is 5.19. The minimum Gasteiger partial charge on any atom is -0.423 e. The van der Waals surface area contributed by atoms with Crippen LogP contribution in [0.1, 0.15) is 52.9 Å². The van der Waals surface area contributed by atoms with Crippen LogP contribution in [0.5, 0.6) is 5.75 Å². The van der Waals surface area contributed by atoms with Crippen LogP contribution >= 0.6 is 11.6 Å². The Labute approximate surface area is 193 Å². The summed E-state index contributed by atoms with van der Waals surface area (Å²) in [6, 6.07) is 13.1. The van der Waals surface area contributed by atoms with Crippen LogP contribution in [0.2, 0.25) is 5.02 Å². The number of ether oxygens (including phenoxy) is 1. The monoisotopic (exact) mass is 452 g/mol. The average molecular weight is 453 g/mol. The van der Waals surface area contributed by atoms with E-state index >= 15 is 0 Å². The number of fused-ring (bicyclic) bond motifs is 1. The van der Waals surface area contributed by atoms with Gasteiger partial charge in [0.1, 0.15) is 0 Å². The first-order valence-electron chi connectivity index (χ1n) is 11.2. The SMILES string of the molecule is CC(C)(C)C(=O)Oc1c(-c2ccc(Cl)c(NC(=O)C3CCCCC3)c2)[nH]c2ccccc12. The normalized spacial score (nSPS) is 15.0. The van der Waals surface area contributed by atoms with Crippen molar-refractivity contribution in [2.24, 2.45) is 11.3 Å². The molecule has 1 aliphatic rings. The van der Waals surface area contributed by atoms with Crippen molar-refractivity contribution in [3.8, 4) is 17.0 Å². The number of para-hydroxylation sites is 1. The Kier molecular flexibility index (Phi) is 6.29. The zero-order valence-corrected chi connectivity index (χ0v) is 19.5. The highest BCUT2D eigenvalue weighted by Gasteiger charge is 2.27. The summed E-state index contributed by atoms with van der Waals surface area (Å²) >= 11 is 6.42. The van der Waals surface area contributed by atoms with E-state index in [1.807, 2.05) is 57.2 Å². The fraction of sp³-hybridized carbons (Fsp3) is 0.385. The second kappa shape index (κ2) is 8.99. The van der Waals surface area contributed by atoms with Crippen LogP contribution in [0.25, 0.3) is 22.2 Å². The summed E-state index contributed by atoms with van der Waals surface area (Å²) in [5, 5.41) is 4.31. The van der Waals surface area contributed by atoms with Crippen molar-refractivity contribution in [2.45, 2.75) is 52.9 Å². The molecule has 0 atom stereocenters. The lowest BCUT2D eigenvalue weighted by Gasteiger charge is -2.21. The molecular formula is C26H29ClN2O3. The number of halogens is 1. The summed E-state index contributed by atoms with van der Waals surface area (Å²) in [5.74, 6) is 0.204. The average Bonchev–Trinajstić information content (AvgIpc) is 3.13. The van der Waals surface area contributed by atoms with Gasteiger partial charge in [-0.1, -0.05) is 49.1 Å². The van der Waals surface area contributed by atoms with Crippen molar-refractivity contribution in [1.29, 1.82) is 0 Å². The van der Waals surface area contributed by atoms with E-state index in [9.17, 15) is 9.59 Å². The van der Waals surface area contributed by atoms with E-state index < -0.39 is 5.41 Å². The number of aromatic amines is 1. The van der Waals surface area contributed by atoms with Gasteiger partial charge in [-0.25, -0.2) is 0 Å². The van der Waals surface area contributed by atoms with Gasteiger partial charge >= 0.3 is 5.97 Å². The van der Waals surface area contributed by atoms with E-state index in [0.717, 1.165) is 42.1 Å². The third-order valence-electron chi connectivity index (χ3n) is 5.95. The third kappa shape index (κ3) is 4.68. The molecule has 4 rings (SSSR count). The van der Waals surface area contributed by atoms with Crippen LogP contribution in [0.15, 0.2) is 42.5 Å². The molecule has 2 N–H and O–H groups in total. The number of hydrogen-bond donors (Lipinski definition) is 2. The first kappa shape index (κ1) is 22.4. The molecule has 0 spiro atoms. The van der Waals surface area contributed by atoms with Crippen LogP contribution in [0, 0.1) is 11.3 Å². The molecule has 1 saturated carbocycles. The van der Waals surface area contributed by atoms with Gasteiger partial charge in [-0.2, -0.15) is 0 Å². The predicted octanol–water partition coefficient (Wildman–Crippen LogP) is 6.96. The van der Waals surface area contributed by atoms with Gasteiger partial charge in [-0.05, 0) is 57.9 Å². The van der Waals surface area contributed by atoms with E-state index in [2.05, 4.69) is 10.3 Å². The molecule has 0 unspecified atom stereocenters. The van der Waals surface area contributed by atoms with Crippen LogP contribution in [0.4, 0.5) is 5.69 Å². The van der Waals surface area contributed by atoms with Crippen molar-refractivity contribution in [1.82, 2.24) is 4.98 Å². The van der Waals surface area contributed by atoms with Crippen molar-refractivity contribution < 1.29 is 14.3 Å². The smallest absolute Gasteiger partial charge is 0.316 e. The molecule has 3 aromatic rings. The Balaban J connectivity index is 1.71. The van der Waals surface area contributed by atoms with Crippen LogP contribution in [0.3, 0.4) is 0 Å². The Morgan fingerprint density at radius 1 is 1.06 bits per heavy atom. The van der Waals surface area contributed by atoms with Crippen LogP contribution in [-0.2, 0) is 9.59 Å². The van der Waals surface area contributed by atoms with Gasteiger partial charge in [0.2, 0.25) is 5.91 Å². The van der Waals surface area contributed by atoms with E-state index in [1.165, 1.54) is 6.42 Å². The number of carbonyl (C=O) groups excluding carboxylic acids is 2. The van der Waals surface area contributed by atoms with E-state index in [4.69, 9.17) is 16.3 Å². The summed E-state index contributed by atoms with van der Waals surface area (Å²) in [5.41, 5.74) is 2.23. The highest BCUT2D eigenvalue weighted by atomic mass is 35.5. The maximum absolute atomic E-state index is 12.8. The molecular weight excluding hydrogens is 424 g/mol. The zero-order valence-electron chi connectivity index (χ0n) is 18.8. The molecule has 1 aliphatic carbocycles. The first-order chi connectivity index (χ1) is 15.2. The van der Waals surface area contributed by atoms with Gasteiger partial charge in [-0.3, -0.25) is 9.59 Å². The molecule has 32 heavy (non-hydrogen) atoms. The molecule has 0 bridgehead atoms. The molecule has 1 heterocycles. The molecule has 0 radical (unpaired) electrons. The summed E-state index contributed by atoms with van der Waals surface area (Å²) in [6.45, 7) is 5.47. The number of amides is 1. The number of H-pyrrole nitrogens is 1. The van der Waals surface area contributed by atoms with Gasteiger partial charge in [-0.15, -0.1) is 0 Å². The van der Waals surface area contributed by atoms with Gasteiger partial charge < -0.3 is 15.0 Å². The Bertz CT molecular complexity index is 1150. The Morgan fingerprint density at radius 3 is 2.50 bits per heavy atom. The summed E-state index contributed by atoms with van der Waals surface area (Å²) < 4.78 is 5.87. The minimum absolute atomic E-state index is 0.0137. The van der Waals surface area contributed by atoms with Crippen molar-refractivity contribution in [2.75, 3.05) is 5.32 Å². The minimum atomic E-state index is -0.644. The van der Waals surface area contributed by atoms with Gasteiger partial charge in [0, 0.05) is 22.4 Å². The van der Waals surface area contributed by atoms with Gasteiger partial charge in [0.25, 0.3) is 0 Å². The standard InChI is InChI=1S/C26H29ClN2O3/c1-26(2,3)25(31)32-23-18-11-7-8-12-20(18)28-22(23)17-13-14-19(27)21(15-17)29-24(30)16-9-5-4-6-10-16/h7-8,11-16,28H,4-6,9-10H2,1-3H3,(H,29,30). The predicted molar refractivity (Wildman–Crippen MR) is 129 cm³/mol. The number of rotatable bonds is 4. The lowest BCUT2D eigenvalue weighted by molar-refractivity contribution is -0.142. The lowest BCUT2D eigenvalue weighted by Crippen LogP contribution is -2.25. The molecule has 1 amide bonds. The highest BCUT2D eigenvalue weighted by molar-refractivity contribution is 6.33. The van der Waals surface area contributed by atoms with E-state index in [1.54, 1.807) is 6.07 Å². The molecule has 5 nitrogen and oxygen atoms in total. The second-order valence-corrected chi connectivity index (χ2v) is 9.94. The maximum Gasteiger partial charge on any atom is 0.316 e. The fourth-order valence-electron chi connectivity index (χ4n) is 4.05. The van der Waals surface area contributed by atoms with Crippen LogP contribution in [-0.4, -0.2) is 16.9 Å². The third-order valence-corrected chi connectivity index (χ3v) is 6.28. The van der Waals surface area contributed by atoms with E-state index in [-0.39, 0.29) is 17.8 Å². The maximum atomic E-state index is 12.8. The topological polar surface area (TPSA) is 71.2 Å². The largest absolute Gasteiger partial charge is 0.423 e. The van der Waals surface area contributed by atoms with Gasteiger partial charge in [0.05, 0.1) is 21.8 Å². The number of nitrogens with one attached hydrogen (secondary N) is 2. The van der Waals surface area contributed by atoms with Crippen molar-refractivity contribution in [3.63, 3.8) is 0 Å². The molecule has 1 aromatic heterocycles. The number of anilines is 1. The fourth-order valence-corrected chi connectivity index (χ4v) is 4.21. The Hall–Kier alpha value is -2.79. The highest BCUT2D eigenvalue weighted by Crippen LogP contribution is 2.40. The molecule has 2 aromatic carbocycles. The van der Waals surface area contributed by atoms with Gasteiger partial charge in [0.15, 0.2) is 5.75 Å². The number of carbonyl (C=O) groups is 2. The second-order valence-electron chi connectivity index (χ2n) is 9.53. The van der Waals surface area contributed by atoms with E-state index in [0.29, 0.717) is 22.2 Å². The molecule has 168 valence electrons. The van der Waals surface area contributed by atoms with Crippen LogP contribution < -0.4 is 10.1 Å². The number of benzene rings is 2. The quantitative estimate of drug-likeness (QED) is 0.420. The molecule has 0 saturated heterocycles. The van der Waals surface area contributed by atoms with Crippen molar-refractivity contribution in [3.05, 3.63) is 47.5 Å². The molecule has 6 heteroatoms. The Morgan fingerprint density at radius 2 is 1.78 bits per heavy atom.